The average Bonchev–Trinajstić information content (AvgIpc) is 2.60. The molecule has 2 aliphatic heterocycles. The van der Waals surface area contributed by atoms with Crippen molar-refractivity contribution in [2.75, 3.05) is 0 Å². The summed E-state index contributed by atoms with van der Waals surface area (Å²) in [4.78, 5) is 21.5. The Morgan fingerprint density at radius 2 is 1.36 bits per heavy atom. The molecule has 2 fully saturated rings. The van der Waals surface area contributed by atoms with Gasteiger partial charge in [-0.1, -0.05) is 0 Å². The van der Waals surface area contributed by atoms with Gasteiger partial charge < -0.3 is 20.4 Å². The van der Waals surface area contributed by atoms with Gasteiger partial charge in [-0.2, -0.15) is 0 Å². The normalized spacial score (nSPS) is 39.1. The van der Waals surface area contributed by atoms with Crippen LogP contribution >= 0.6 is 0 Å². The Bertz CT molecular complexity index is 237. The second kappa shape index (κ2) is 3.55. The molecular weight excluding hydrogens is 192 g/mol. The Morgan fingerprint density at radius 3 is 1.64 bits per heavy atom. The summed E-state index contributed by atoms with van der Waals surface area (Å²) in [6.07, 6.45) is 0.573. The standard InChI is InChI=1S/C8H10O5.H2O/c9-7(10)5-3-1-2-4(13-3)6(5)8(11)12;/h3-6H,1-2H2,(H,9,10)(H,11,12);1H2/t3-,4+,5?,6?;. The van der Waals surface area contributed by atoms with Gasteiger partial charge in [0.2, 0.25) is 0 Å². The van der Waals surface area contributed by atoms with Gasteiger partial charge in [0.15, 0.2) is 0 Å². The van der Waals surface area contributed by atoms with Gasteiger partial charge in [0.25, 0.3) is 0 Å². The van der Waals surface area contributed by atoms with E-state index in [9.17, 15) is 9.59 Å². The summed E-state index contributed by atoms with van der Waals surface area (Å²) in [6, 6.07) is 0. The van der Waals surface area contributed by atoms with Crippen LogP contribution in [-0.4, -0.2) is 39.8 Å². The number of aliphatic carboxylic acids is 2. The summed E-state index contributed by atoms with van der Waals surface area (Å²) in [5.74, 6) is -3.81. The Labute approximate surface area is 79.8 Å². The highest BCUT2D eigenvalue weighted by Gasteiger charge is 2.55. The van der Waals surface area contributed by atoms with Gasteiger partial charge in [0.05, 0.1) is 24.0 Å². The minimum Gasteiger partial charge on any atom is -0.481 e. The van der Waals surface area contributed by atoms with Crippen LogP contribution < -0.4 is 0 Å². The molecule has 14 heavy (non-hydrogen) atoms. The third-order valence-corrected chi connectivity index (χ3v) is 2.84. The van der Waals surface area contributed by atoms with Gasteiger partial charge in [-0.3, -0.25) is 9.59 Å². The molecule has 0 aromatic rings. The van der Waals surface area contributed by atoms with E-state index in [0.29, 0.717) is 12.8 Å². The molecule has 2 saturated heterocycles. The first kappa shape index (κ1) is 10.9. The van der Waals surface area contributed by atoms with Gasteiger partial charge in [-0.05, 0) is 12.8 Å². The Balaban J connectivity index is 0.000000980. The minimum atomic E-state index is -1.06. The van der Waals surface area contributed by atoms with E-state index in [1.54, 1.807) is 0 Å². The molecule has 80 valence electrons. The molecule has 0 saturated carbocycles. The Morgan fingerprint density at radius 1 is 1.00 bits per heavy atom. The van der Waals surface area contributed by atoms with Crippen LogP contribution in [0, 0.1) is 11.8 Å². The fourth-order valence-corrected chi connectivity index (χ4v) is 2.31. The molecule has 0 amide bonds. The summed E-state index contributed by atoms with van der Waals surface area (Å²) in [5.41, 5.74) is 0. The van der Waals surface area contributed by atoms with E-state index in [0.717, 1.165) is 0 Å². The maximum absolute atomic E-state index is 10.8. The number of carboxylic acids is 2. The molecule has 0 aromatic heterocycles. The molecule has 4 atom stereocenters. The summed E-state index contributed by atoms with van der Waals surface area (Å²) in [6.45, 7) is 0. The van der Waals surface area contributed by atoms with Gasteiger partial charge in [-0.25, -0.2) is 0 Å². The summed E-state index contributed by atoms with van der Waals surface area (Å²) in [5, 5.41) is 17.6. The largest absolute Gasteiger partial charge is 0.481 e. The van der Waals surface area contributed by atoms with Crippen molar-refractivity contribution >= 4 is 11.9 Å². The zero-order valence-corrected chi connectivity index (χ0v) is 7.34. The molecule has 0 aliphatic carbocycles. The predicted octanol–water partition coefficient (Wildman–Crippen LogP) is -0.876. The van der Waals surface area contributed by atoms with E-state index in [2.05, 4.69) is 0 Å². The molecule has 2 aliphatic rings. The zero-order valence-electron chi connectivity index (χ0n) is 7.34. The SMILES string of the molecule is O.O=C(O)C1C(C(=O)O)[C@H]2CC[C@@H]1O2. The van der Waals surface area contributed by atoms with Crippen molar-refractivity contribution in [3.8, 4) is 0 Å². The number of hydrogen-bond acceptors (Lipinski definition) is 3. The molecule has 6 heteroatoms. The highest BCUT2D eigenvalue weighted by atomic mass is 16.5. The maximum Gasteiger partial charge on any atom is 0.310 e. The van der Waals surface area contributed by atoms with Crippen LogP contribution in [0.25, 0.3) is 0 Å². The van der Waals surface area contributed by atoms with E-state index < -0.39 is 23.8 Å². The average molecular weight is 204 g/mol. The third kappa shape index (κ3) is 1.36. The lowest BCUT2D eigenvalue weighted by atomic mass is 9.79. The summed E-state index contributed by atoms with van der Waals surface area (Å²) >= 11 is 0. The topological polar surface area (TPSA) is 115 Å². The zero-order chi connectivity index (χ0) is 9.59. The van der Waals surface area contributed by atoms with Gasteiger partial charge in [0, 0.05) is 0 Å². The second-order valence-corrected chi connectivity index (χ2v) is 3.52. The number of carbonyl (C=O) groups is 2. The Hall–Kier alpha value is -1.14. The third-order valence-electron chi connectivity index (χ3n) is 2.84. The van der Waals surface area contributed by atoms with Crippen LogP contribution in [0.15, 0.2) is 0 Å². The van der Waals surface area contributed by atoms with E-state index in [1.165, 1.54) is 0 Å². The molecule has 2 bridgehead atoms. The first-order valence-corrected chi connectivity index (χ1v) is 4.22. The molecule has 2 heterocycles. The molecule has 0 radical (unpaired) electrons. The van der Waals surface area contributed by atoms with Crippen LogP contribution in [0.4, 0.5) is 0 Å². The number of fused-ring (bicyclic) bond motifs is 2. The Kier molecular flexibility index (Phi) is 2.77. The van der Waals surface area contributed by atoms with Crippen LogP contribution in [0.5, 0.6) is 0 Å². The molecule has 0 aromatic carbocycles. The molecule has 2 unspecified atom stereocenters. The molecule has 4 N–H and O–H groups in total. The predicted molar refractivity (Wildman–Crippen MR) is 43.8 cm³/mol. The second-order valence-electron chi connectivity index (χ2n) is 3.52. The monoisotopic (exact) mass is 204 g/mol. The van der Waals surface area contributed by atoms with Crippen molar-refractivity contribution in [1.82, 2.24) is 0 Å². The lowest BCUT2D eigenvalue weighted by molar-refractivity contribution is -0.154. The number of rotatable bonds is 2. The van der Waals surface area contributed by atoms with Crippen molar-refractivity contribution in [3.63, 3.8) is 0 Å². The number of hydrogen-bond donors (Lipinski definition) is 2. The number of ether oxygens (including phenoxy) is 1. The maximum atomic E-state index is 10.8. The van der Waals surface area contributed by atoms with Crippen molar-refractivity contribution in [3.05, 3.63) is 0 Å². The first-order chi connectivity index (χ1) is 6.11. The van der Waals surface area contributed by atoms with E-state index in [1.807, 2.05) is 0 Å². The molecular formula is C8H12O6. The molecule has 0 spiro atoms. The van der Waals surface area contributed by atoms with Crippen LogP contribution in [0.3, 0.4) is 0 Å². The molecule has 6 nitrogen and oxygen atoms in total. The van der Waals surface area contributed by atoms with Gasteiger partial charge >= 0.3 is 11.9 Å². The lowest BCUT2D eigenvalue weighted by Crippen LogP contribution is -2.38. The van der Waals surface area contributed by atoms with Crippen LogP contribution in [-0.2, 0) is 14.3 Å². The quantitative estimate of drug-likeness (QED) is 0.606. The lowest BCUT2D eigenvalue weighted by Gasteiger charge is -2.20. The molecule has 2 rings (SSSR count). The van der Waals surface area contributed by atoms with Crippen molar-refractivity contribution in [2.45, 2.75) is 25.0 Å². The summed E-state index contributed by atoms with van der Waals surface area (Å²) in [7, 11) is 0. The van der Waals surface area contributed by atoms with E-state index in [-0.39, 0.29) is 17.7 Å². The highest BCUT2D eigenvalue weighted by molar-refractivity contribution is 5.82. The van der Waals surface area contributed by atoms with Crippen LogP contribution in [0.2, 0.25) is 0 Å². The van der Waals surface area contributed by atoms with Crippen LogP contribution in [0.1, 0.15) is 12.8 Å². The fourth-order valence-electron chi connectivity index (χ4n) is 2.31. The number of carboxylic acid groups (broad SMARTS) is 2. The van der Waals surface area contributed by atoms with Crippen molar-refractivity contribution in [1.29, 1.82) is 0 Å². The van der Waals surface area contributed by atoms with Crippen molar-refractivity contribution < 1.29 is 30.0 Å². The van der Waals surface area contributed by atoms with E-state index >= 15 is 0 Å². The summed E-state index contributed by atoms with van der Waals surface area (Å²) < 4.78 is 5.26. The van der Waals surface area contributed by atoms with Gasteiger partial charge in [-0.15, -0.1) is 0 Å². The minimum absolute atomic E-state index is 0. The van der Waals surface area contributed by atoms with E-state index in [4.69, 9.17) is 14.9 Å². The first-order valence-electron chi connectivity index (χ1n) is 4.22. The highest BCUT2D eigenvalue weighted by Crippen LogP contribution is 2.43. The fraction of sp³-hybridized carbons (Fsp3) is 0.750. The smallest absolute Gasteiger partial charge is 0.310 e. The van der Waals surface area contributed by atoms with Gasteiger partial charge in [0.1, 0.15) is 0 Å². The van der Waals surface area contributed by atoms with Crippen molar-refractivity contribution in [2.24, 2.45) is 11.8 Å².